The summed E-state index contributed by atoms with van der Waals surface area (Å²) in [6, 6.07) is 2.02. The molecule has 0 bridgehead atoms. The summed E-state index contributed by atoms with van der Waals surface area (Å²) in [5.41, 5.74) is 0. The fourth-order valence-corrected chi connectivity index (χ4v) is 3.27. The summed E-state index contributed by atoms with van der Waals surface area (Å²) in [4.78, 5) is 29.5. The summed E-state index contributed by atoms with van der Waals surface area (Å²) in [5, 5.41) is 17.5. The Hall–Kier alpha value is -2.76. The molecule has 0 spiro atoms. The van der Waals surface area contributed by atoms with Gasteiger partial charge in [0.2, 0.25) is 0 Å². The van der Waals surface area contributed by atoms with Gasteiger partial charge in [0.1, 0.15) is 11.6 Å². The average Bonchev–Trinajstić information content (AvgIpc) is 2.85. The number of ether oxygens (including phenoxy) is 3. The van der Waals surface area contributed by atoms with Crippen molar-refractivity contribution in [1.29, 1.82) is 0 Å². The van der Waals surface area contributed by atoms with E-state index in [2.05, 4.69) is 20.2 Å². The van der Waals surface area contributed by atoms with Gasteiger partial charge in [0, 0.05) is 46.2 Å². The van der Waals surface area contributed by atoms with Crippen LogP contribution in [0.15, 0.2) is 12.3 Å². The fourth-order valence-electron chi connectivity index (χ4n) is 3.27. The molecule has 3 heterocycles. The number of nitrogens with zero attached hydrogens (tertiary/aromatic N) is 3. The van der Waals surface area contributed by atoms with Crippen LogP contribution in [0, 0.1) is 5.92 Å². The van der Waals surface area contributed by atoms with Crippen LogP contribution >= 0.6 is 0 Å². The first kappa shape index (κ1) is 33.3. The molecule has 1 aromatic heterocycles. The van der Waals surface area contributed by atoms with Crippen LogP contribution in [0.2, 0.25) is 0 Å². The average molecular weight is 564 g/mol. The Morgan fingerprint density at radius 1 is 1.08 bits per heavy atom. The van der Waals surface area contributed by atoms with Gasteiger partial charge in [0.25, 0.3) is 0 Å². The molecule has 1 unspecified atom stereocenters. The van der Waals surface area contributed by atoms with E-state index >= 15 is 0 Å². The third kappa shape index (κ3) is 13.2. The Labute approximate surface area is 214 Å². The van der Waals surface area contributed by atoms with Gasteiger partial charge in [-0.25, -0.2) is 19.6 Å². The zero-order valence-electron chi connectivity index (χ0n) is 20.4. The second kappa shape index (κ2) is 16.3. The van der Waals surface area contributed by atoms with E-state index in [-0.39, 0.29) is 6.04 Å². The molecule has 11 nitrogen and oxygen atoms in total. The highest BCUT2D eigenvalue weighted by Gasteiger charge is 2.39. The van der Waals surface area contributed by atoms with Crippen molar-refractivity contribution < 1.29 is 60.4 Å². The number of rotatable bonds is 7. The second-order valence-corrected chi connectivity index (χ2v) is 7.97. The third-order valence-electron chi connectivity index (χ3n) is 5.14. The molecule has 0 aliphatic carbocycles. The maximum atomic E-state index is 10.6. The molecule has 0 amide bonds. The molecule has 3 rings (SSSR count). The predicted octanol–water partition coefficient (Wildman–Crippen LogP) is 2.60. The van der Waals surface area contributed by atoms with Crippen molar-refractivity contribution in [2.75, 3.05) is 65.1 Å². The number of methoxy groups -OCH3 is 1. The summed E-state index contributed by atoms with van der Waals surface area (Å²) in [6.07, 6.45) is -6.06. The summed E-state index contributed by atoms with van der Waals surface area (Å²) >= 11 is 0. The van der Waals surface area contributed by atoms with Crippen molar-refractivity contribution in [2.24, 2.45) is 5.92 Å². The monoisotopic (exact) mass is 564 g/mol. The lowest BCUT2D eigenvalue weighted by atomic mass is 9.98. The smallest absolute Gasteiger partial charge is 0.475 e. The summed E-state index contributed by atoms with van der Waals surface area (Å²) < 4.78 is 79.7. The maximum Gasteiger partial charge on any atom is 0.490 e. The van der Waals surface area contributed by atoms with Gasteiger partial charge >= 0.3 is 24.3 Å². The quantitative estimate of drug-likeness (QED) is 0.332. The van der Waals surface area contributed by atoms with E-state index in [1.54, 1.807) is 7.11 Å². The van der Waals surface area contributed by atoms with Crippen molar-refractivity contribution in [2.45, 2.75) is 31.2 Å². The minimum Gasteiger partial charge on any atom is -0.475 e. The Balaban J connectivity index is 0.000000426. The first-order valence-corrected chi connectivity index (χ1v) is 11.3. The molecule has 0 radical (unpaired) electrons. The number of hydrogen-bond acceptors (Lipinski definition) is 9. The van der Waals surface area contributed by atoms with Gasteiger partial charge in [-0.2, -0.15) is 26.3 Å². The van der Waals surface area contributed by atoms with Gasteiger partial charge in [-0.1, -0.05) is 0 Å². The Morgan fingerprint density at radius 3 is 2.18 bits per heavy atom. The molecule has 0 saturated carbocycles. The standard InChI is InChI=1S/C17H28N4O3.2C2HF3O2/c1-22-10-6-18-16-2-5-19-17(20-16)15-13-24-11-7-21(15)12-14-3-8-23-9-4-14;2*3-2(4,5)1(6)7/h2,5,14-15H,3-4,6-13H2,1H3,(H,18,19,20);2*(H,6,7). The number of halogens is 6. The van der Waals surface area contributed by atoms with Crippen LogP contribution in [0.4, 0.5) is 32.2 Å². The molecule has 2 aliphatic heterocycles. The fraction of sp³-hybridized carbons (Fsp3) is 0.714. The van der Waals surface area contributed by atoms with Crippen molar-refractivity contribution in [1.82, 2.24) is 14.9 Å². The minimum atomic E-state index is -5.08. The molecular formula is C21H30F6N4O7. The van der Waals surface area contributed by atoms with Crippen LogP contribution in [0.3, 0.4) is 0 Å². The SMILES string of the molecule is COCCNc1ccnc(C2COCCN2CC2CCOCC2)n1.O=C(O)C(F)(F)F.O=C(O)C(F)(F)F. The van der Waals surface area contributed by atoms with E-state index < -0.39 is 24.3 Å². The number of anilines is 1. The number of nitrogens with one attached hydrogen (secondary N) is 1. The van der Waals surface area contributed by atoms with Crippen molar-refractivity contribution in [3.05, 3.63) is 18.1 Å². The number of aliphatic carboxylic acids is 2. The molecule has 1 atom stereocenters. The van der Waals surface area contributed by atoms with E-state index in [9.17, 15) is 26.3 Å². The van der Waals surface area contributed by atoms with E-state index in [0.717, 1.165) is 63.9 Å². The van der Waals surface area contributed by atoms with Crippen LogP contribution in [-0.2, 0) is 23.8 Å². The highest BCUT2D eigenvalue weighted by molar-refractivity contribution is 5.73. The van der Waals surface area contributed by atoms with E-state index in [1.807, 2.05) is 12.3 Å². The number of carboxylic acids is 2. The normalized spacial score (nSPS) is 18.9. The molecule has 3 N–H and O–H groups in total. The molecule has 218 valence electrons. The lowest BCUT2D eigenvalue weighted by Gasteiger charge is -2.37. The van der Waals surface area contributed by atoms with Crippen molar-refractivity contribution >= 4 is 17.8 Å². The largest absolute Gasteiger partial charge is 0.490 e. The highest BCUT2D eigenvalue weighted by Crippen LogP contribution is 2.26. The van der Waals surface area contributed by atoms with Gasteiger partial charge < -0.3 is 29.7 Å². The van der Waals surface area contributed by atoms with Crippen LogP contribution in [0.5, 0.6) is 0 Å². The zero-order valence-corrected chi connectivity index (χ0v) is 20.4. The number of hydrogen-bond donors (Lipinski definition) is 3. The first-order valence-electron chi connectivity index (χ1n) is 11.3. The zero-order chi connectivity index (χ0) is 28.8. The number of carbonyl (C=O) groups is 2. The molecule has 0 aromatic carbocycles. The summed E-state index contributed by atoms with van der Waals surface area (Å²) in [5.74, 6) is -3.14. The Bertz CT molecular complexity index is 830. The lowest BCUT2D eigenvalue weighted by Crippen LogP contribution is -2.43. The molecule has 2 aliphatic rings. The van der Waals surface area contributed by atoms with E-state index in [0.29, 0.717) is 19.1 Å². The van der Waals surface area contributed by atoms with E-state index in [4.69, 9.17) is 34.0 Å². The van der Waals surface area contributed by atoms with Crippen molar-refractivity contribution in [3.63, 3.8) is 0 Å². The van der Waals surface area contributed by atoms with Crippen LogP contribution in [0.1, 0.15) is 24.7 Å². The van der Waals surface area contributed by atoms with Gasteiger partial charge in [0.05, 0.1) is 25.9 Å². The van der Waals surface area contributed by atoms with Crippen LogP contribution in [0.25, 0.3) is 0 Å². The minimum absolute atomic E-state index is 0.130. The Kier molecular flexibility index (Phi) is 14.2. The first-order chi connectivity index (χ1) is 17.8. The molecule has 2 fully saturated rings. The van der Waals surface area contributed by atoms with E-state index in [1.165, 1.54) is 0 Å². The number of morpholine rings is 1. The summed E-state index contributed by atoms with van der Waals surface area (Å²) in [7, 11) is 1.70. The number of aromatic nitrogens is 2. The molecular weight excluding hydrogens is 534 g/mol. The lowest BCUT2D eigenvalue weighted by molar-refractivity contribution is -0.193. The maximum absolute atomic E-state index is 10.6. The molecule has 2 saturated heterocycles. The van der Waals surface area contributed by atoms with Crippen LogP contribution in [-0.4, -0.2) is 109 Å². The van der Waals surface area contributed by atoms with Gasteiger partial charge in [0.15, 0.2) is 0 Å². The molecule has 1 aromatic rings. The van der Waals surface area contributed by atoms with Gasteiger partial charge in [-0.05, 0) is 24.8 Å². The second-order valence-electron chi connectivity index (χ2n) is 7.97. The van der Waals surface area contributed by atoms with Crippen molar-refractivity contribution in [3.8, 4) is 0 Å². The summed E-state index contributed by atoms with van der Waals surface area (Å²) in [6.45, 7) is 6.61. The molecule has 17 heteroatoms. The molecule has 38 heavy (non-hydrogen) atoms. The predicted molar refractivity (Wildman–Crippen MR) is 118 cm³/mol. The third-order valence-corrected chi connectivity index (χ3v) is 5.14. The van der Waals surface area contributed by atoms with Gasteiger partial charge in [-0.15, -0.1) is 0 Å². The number of alkyl halides is 6. The number of carboxylic acid groups (broad SMARTS) is 2. The highest BCUT2D eigenvalue weighted by atomic mass is 19.4. The van der Waals surface area contributed by atoms with Gasteiger partial charge in [-0.3, -0.25) is 4.90 Å². The topological polar surface area (TPSA) is 143 Å². The van der Waals surface area contributed by atoms with Crippen LogP contribution < -0.4 is 5.32 Å². The Morgan fingerprint density at radius 2 is 1.66 bits per heavy atom.